The van der Waals surface area contributed by atoms with E-state index < -0.39 is 0 Å². The minimum atomic E-state index is -0.0573. The summed E-state index contributed by atoms with van der Waals surface area (Å²) >= 11 is 0. The smallest absolute Gasteiger partial charge is 0.225 e. The van der Waals surface area contributed by atoms with Gasteiger partial charge in [0, 0.05) is 36.8 Å². The second kappa shape index (κ2) is 9.13. The largest absolute Gasteiger partial charge is 0.384 e. The third-order valence-corrected chi connectivity index (χ3v) is 5.11. The summed E-state index contributed by atoms with van der Waals surface area (Å²) in [4.78, 5) is 21.5. The summed E-state index contributed by atoms with van der Waals surface area (Å²) < 4.78 is 7.04. The minimum Gasteiger partial charge on any atom is -0.384 e. The van der Waals surface area contributed by atoms with Crippen LogP contribution < -0.4 is 5.32 Å². The van der Waals surface area contributed by atoms with Gasteiger partial charge in [0.2, 0.25) is 5.91 Å². The molecule has 0 radical (unpaired) electrons. The lowest BCUT2D eigenvalue weighted by Crippen LogP contribution is -2.14. The molecule has 3 aromatic rings. The predicted octanol–water partition coefficient (Wildman–Crippen LogP) is 3.78. The van der Waals surface area contributed by atoms with E-state index >= 15 is 0 Å². The van der Waals surface area contributed by atoms with E-state index in [2.05, 4.69) is 36.2 Å². The van der Waals surface area contributed by atoms with Crippen molar-refractivity contribution in [3.05, 3.63) is 46.9 Å². The zero-order valence-corrected chi connectivity index (χ0v) is 17.8. The summed E-state index contributed by atoms with van der Waals surface area (Å²) in [6.07, 6.45) is 5.37. The molecular formula is C22H29N5O2. The number of pyridine rings is 2. The Morgan fingerprint density at radius 1 is 1.28 bits per heavy atom. The maximum Gasteiger partial charge on any atom is 0.225 e. The zero-order valence-electron chi connectivity index (χ0n) is 17.8. The molecule has 3 rings (SSSR count). The van der Waals surface area contributed by atoms with Gasteiger partial charge in [-0.2, -0.15) is 5.10 Å². The molecule has 0 saturated carbocycles. The van der Waals surface area contributed by atoms with Gasteiger partial charge >= 0.3 is 0 Å². The Hall–Kier alpha value is -2.80. The normalized spacial score (nSPS) is 11.4. The van der Waals surface area contributed by atoms with Crippen LogP contribution in [0, 0.1) is 13.8 Å². The van der Waals surface area contributed by atoms with Crippen LogP contribution in [0.3, 0.4) is 0 Å². The number of rotatable bonds is 8. The summed E-state index contributed by atoms with van der Waals surface area (Å²) in [6.45, 7) is 8.90. The van der Waals surface area contributed by atoms with E-state index in [1.54, 1.807) is 13.3 Å². The third-order valence-electron chi connectivity index (χ3n) is 5.11. The van der Waals surface area contributed by atoms with Crippen molar-refractivity contribution in [2.75, 3.05) is 19.0 Å². The van der Waals surface area contributed by atoms with E-state index in [9.17, 15) is 4.79 Å². The van der Waals surface area contributed by atoms with E-state index in [1.165, 1.54) is 0 Å². The SMILES string of the molecule is COCCc1ccnc(NC(=O)CCc2c(C)nc3c(cnn3C(C)C)c2C)c1. The van der Waals surface area contributed by atoms with Crippen LogP contribution in [-0.2, 0) is 22.4 Å². The monoisotopic (exact) mass is 395 g/mol. The fraction of sp³-hybridized carbons (Fsp3) is 0.455. The van der Waals surface area contributed by atoms with E-state index in [4.69, 9.17) is 9.72 Å². The number of nitrogens with zero attached hydrogens (tertiary/aromatic N) is 4. The summed E-state index contributed by atoms with van der Waals surface area (Å²) in [7, 11) is 1.67. The molecule has 0 aromatic carbocycles. The van der Waals surface area contributed by atoms with Crippen LogP contribution in [0.4, 0.5) is 5.82 Å². The number of amides is 1. The summed E-state index contributed by atoms with van der Waals surface area (Å²) in [5.74, 6) is 0.516. The Labute approximate surface area is 171 Å². The van der Waals surface area contributed by atoms with Crippen LogP contribution in [0.5, 0.6) is 0 Å². The lowest BCUT2D eigenvalue weighted by Gasteiger charge is -2.13. The minimum absolute atomic E-state index is 0.0573. The molecule has 29 heavy (non-hydrogen) atoms. The molecule has 7 nitrogen and oxygen atoms in total. The lowest BCUT2D eigenvalue weighted by molar-refractivity contribution is -0.116. The first kappa shape index (κ1) is 20.9. The molecule has 0 fully saturated rings. The highest BCUT2D eigenvalue weighted by atomic mass is 16.5. The number of nitrogens with one attached hydrogen (secondary N) is 1. The zero-order chi connectivity index (χ0) is 21.0. The lowest BCUT2D eigenvalue weighted by atomic mass is 10.0. The van der Waals surface area contributed by atoms with Crippen LogP contribution >= 0.6 is 0 Å². The molecule has 3 heterocycles. The van der Waals surface area contributed by atoms with Gasteiger partial charge in [0.25, 0.3) is 0 Å². The number of hydrogen-bond acceptors (Lipinski definition) is 5. The number of fused-ring (bicyclic) bond motifs is 1. The maximum atomic E-state index is 12.5. The average Bonchev–Trinajstić information content (AvgIpc) is 3.10. The third kappa shape index (κ3) is 4.79. The highest BCUT2D eigenvalue weighted by molar-refractivity contribution is 5.90. The Balaban J connectivity index is 1.70. The van der Waals surface area contributed by atoms with Gasteiger partial charge < -0.3 is 10.1 Å². The van der Waals surface area contributed by atoms with Crippen LogP contribution in [0.1, 0.15) is 48.7 Å². The molecule has 0 aliphatic rings. The number of aromatic nitrogens is 4. The van der Waals surface area contributed by atoms with Crippen LogP contribution in [0.2, 0.25) is 0 Å². The summed E-state index contributed by atoms with van der Waals surface area (Å²) in [5, 5.41) is 8.42. The molecule has 1 amide bonds. The molecule has 0 aliphatic heterocycles. The van der Waals surface area contributed by atoms with E-state index in [-0.39, 0.29) is 11.9 Å². The number of ether oxygens (including phenoxy) is 1. The first-order valence-electron chi connectivity index (χ1n) is 9.97. The van der Waals surface area contributed by atoms with Crippen molar-refractivity contribution < 1.29 is 9.53 Å². The molecular weight excluding hydrogens is 366 g/mol. The number of methoxy groups -OCH3 is 1. The summed E-state index contributed by atoms with van der Waals surface area (Å²) in [5.41, 5.74) is 5.19. The van der Waals surface area contributed by atoms with E-state index in [0.29, 0.717) is 25.3 Å². The standard InChI is InChI=1S/C22H29N5O2/c1-14(2)27-22-19(13-24-27)15(3)18(16(4)25-22)6-7-21(28)26-20-12-17(8-10-23-20)9-11-29-5/h8,10,12-14H,6-7,9,11H2,1-5H3,(H,23,26,28). The summed E-state index contributed by atoms with van der Waals surface area (Å²) in [6, 6.07) is 4.07. The molecule has 0 spiro atoms. The van der Waals surface area contributed by atoms with Crippen LogP contribution in [0.15, 0.2) is 24.5 Å². The number of carbonyl (C=O) groups excluding carboxylic acids is 1. The Morgan fingerprint density at radius 2 is 2.07 bits per heavy atom. The number of hydrogen-bond donors (Lipinski definition) is 1. The first-order chi connectivity index (χ1) is 13.9. The second-order valence-electron chi connectivity index (χ2n) is 7.56. The molecule has 154 valence electrons. The molecule has 0 aliphatic carbocycles. The molecule has 0 bridgehead atoms. The quantitative estimate of drug-likeness (QED) is 0.628. The molecule has 7 heteroatoms. The molecule has 3 aromatic heterocycles. The Bertz CT molecular complexity index is 1010. The van der Waals surface area contributed by atoms with Gasteiger partial charge in [-0.05, 0) is 69.4 Å². The van der Waals surface area contributed by atoms with E-state index in [1.807, 2.05) is 29.9 Å². The van der Waals surface area contributed by atoms with Crippen LogP contribution in [0.25, 0.3) is 11.0 Å². The average molecular weight is 396 g/mol. The maximum absolute atomic E-state index is 12.5. The van der Waals surface area contributed by atoms with Crippen molar-refractivity contribution in [1.29, 1.82) is 0 Å². The molecule has 0 atom stereocenters. The predicted molar refractivity (Wildman–Crippen MR) is 114 cm³/mol. The number of anilines is 1. The topological polar surface area (TPSA) is 81.9 Å². The van der Waals surface area contributed by atoms with Gasteiger partial charge in [-0.25, -0.2) is 14.6 Å². The molecule has 0 unspecified atom stereocenters. The van der Waals surface area contributed by atoms with Gasteiger partial charge in [0.15, 0.2) is 5.65 Å². The Morgan fingerprint density at radius 3 is 2.79 bits per heavy atom. The number of carbonyl (C=O) groups is 1. The van der Waals surface area contributed by atoms with Gasteiger partial charge in [0.1, 0.15) is 5.82 Å². The fourth-order valence-corrected chi connectivity index (χ4v) is 3.50. The van der Waals surface area contributed by atoms with Crippen molar-refractivity contribution in [3.8, 4) is 0 Å². The number of aryl methyl sites for hydroxylation is 2. The van der Waals surface area contributed by atoms with Gasteiger partial charge in [-0.15, -0.1) is 0 Å². The second-order valence-corrected chi connectivity index (χ2v) is 7.56. The van der Waals surface area contributed by atoms with Crippen molar-refractivity contribution in [2.24, 2.45) is 0 Å². The van der Waals surface area contributed by atoms with Gasteiger partial charge in [-0.1, -0.05) is 0 Å². The van der Waals surface area contributed by atoms with Crippen molar-refractivity contribution >= 4 is 22.8 Å². The van der Waals surface area contributed by atoms with Gasteiger partial charge in [0.05, 0.1) is 12.8 Å². The van der Waals surface area contributed by atoms with Crippen molar-refractivity contribution in [3.63, 3.8) is 0 Å². The highest BCUT2D eigenvalue weighted by Crippen LogP contribution is 2.25. The Kier molecular flexibility index (Phi) is 6.59. The fourth-order valence-electron chi connectivity index (χ4n) is 3.50. The molecule has 1 N–H and O–H groups in total. The first-order valence-corrected chi connectivity index (χ1v) is 9.97. The molecule has 0 saturated heterocycles. The van der Waals surface area contributed by atoms with E-state index in [0.717, 1.165) is 39.8 Å². The van der Waals surface area contributed by atoms with Crippen molar-refractivity contribution in [2.45, 2.75) is 53.0 Å². The van der Waals surface area contributed by atoms with Crippen molar-refractivity contribution in [1.82, 2.24) is 19.7 Å². The van der Waals surface area contributed by atoms with Crippen LogP contribution in [-0.4, -0.2) is 39.4 Å². The van der Waals surface area contributed by atoms with Gasteiger partial charge in [-0.3, -0.25) is 4.79 Å². The highest BCUT2D eigenvalue weighted by Gasteiger charge is 2.16.